The molecular weight excluding hydrogens is 254 g/mol. The van der Waals surface area contributed by atoms with Gasteiger partial charge in [-0.3, -0.25) is 0 Å². The van der Waals surface area contributed by atoms with Gasteiger partial charge in [0.05, 0.1) is 6.10 Å². The highest BCUT2D eigenvalue weighted by Crippen LogP contribution is 2.16. The van der Waals surface area contributed by atoms with Gasteiger partial charge in [-0.2, -0.15) is 0 Å². The Morgan fingerprint density at radius 1 is 1.27 bits per heavy atom. The number of nitrogens with one attached hydrogen (secondary N) is 1. The summed E-state index contributed by atoms with van der Waals surface area (Å²) < 4.78 is 1.10. The van der Waals surface area contributed by atoms with Gasteiger partial charge in [-0.15, -0.1) is 0 Å². The van der Waals surface area contributed by atoms with Crippen LogP contribution < -0.4 is 5.32 Å². The number of aliphatic hydroxyl groups excluding tert-OH is 1. The molecule has 0 amide bonds. The Morgan fingerprint density at radius 2 is 1.87 bits per heavy atom. The van der Waals surface area contributed by atoms with Crippen LogP contribution in [0.15, 0.2) is 28.7 Å². The zero-order valence-electron chi connectivity index (χ0n) is 9.20. The van der Waals surface area contributed by atoms with E-state index >= 15 is 0 Å². The molecule has 0 saturated heterocycles. The molecule has 0 unspecified atom stereocenters. The fraction of sp³-hybridized carbons (Fsp3) is 0.500. The Hall–Kier alpha value is -0.380. The molecule has 15 heavy (non-hydrogen) atoms. The quantitative estimate of drug-likeness (QED) is 0.863. The maximum Gasteiger partial charge on any atom is 0.0524 e. The first kappa shape index (κ1) is 12.7. The van der Waals surface area contributed by atoms with Crippen LogP contribution in [0.25, 0.3) is 0 Å². The topological polar surface area (TPSA) is 32.3 Å². The molecule has 0 aliphatic rings. The van der Waals surface area contributed by atoms with E-state index in [-0.39, 0.29) is 6.10 Å². The minimum absolute atomic E-state index is 0.227. The molecule has 3 heteroatoms. The number of benzene rings is 1. The highest BCUT2D eigenvalue weighted by molar-refractivity contribution is 9.10. The number of aliphatic hydroxyl groups is 1. The minimum Gasteiger partial charge on any atom is -0.393 e. The van der Waals surface area contributed by atoms with Crippen LogP contribution in [0.2, 0.25) is 0 Å². The summed E-state index contributed by atoms with van der Waals surface area (Å²) in [6.07, 6.45) is 0.565. The first-order valence-corrected chi connectivity index (χ1v) is 6.06. The van der Waals surface area contributed by atoms with Crippen molar-refractivity contribution in [2.75, 3.05) is 6.54 Å². The molecule has 0 spiro atoms. The van der Waals surface area contributed by atoms with Crippen molar-refractivity contribution in [1.82, 2.24) is 5.32 Å². The zero-order valence-corrected chi connectivity index (χ0v) is 10.8. The molecule has 2 N–H and O–H groups in total. The summed E-state index contributed by atoms with van der Waals surface area (Å²) in [6.45, 7) is 4.78. The Kier molecular flexibility index (Phi) is 5.29. The fourth-order valence-corrected chi connectivity index (χ4v) is 1.64. The van der Waals surface area contributed by atoms with Crippen LogP contribution in [0, 0.1) is 0 Å². The van der Waals surface area contributed by atoms with Crippen molar-refractivity contribution in [2.45, 2.75) is 32.4 Å². The molecule has 0 fully saturated rings. The standard InChI is InChI=1S/C12H18BrNO/c1-9(15)7-8-14-10(2)11-3-5-12(13)6-4-11/h3-6,9-10,14-15H,7-8H2,1-2H3/t9-,10+/m1/s1. The average molecular weight is 272 g/mol. The second kappa shape index (κ2) is 6.26. The van der Waals surface area contributed by atoms with E-state index in [2.05, 4.69) is 40.3 Å². The first-order valence-electron chi connectivity index (χ1n) is 5.26. The van der Waals surface area contributed by atoms with E-state index in [0.717, 1.165) is 17.4 Å². The van der Waals surface area contributed by atoms with Crippen LogP contribution in [-0.4, -0.2) is 17.8 Å². The number of hydrogen-bond donors (Lipinski definition) is 2. The van der Waals surface area contributed by atoms with Gasteiger partial charge in [0, 0.05) is 10.5 Å². The Morgan fingerprint density at radius 3 is 2.40 bits per heavy atom. The van der Waals surface area contributed by atoms with E-state index < -0.39 is 0 Å². The van der Waals surface area contributed by atoms with Crippen LogP contribution in [-0.2, 0) is 0 Å². The molecule has 1 rings (SSSR count). The van der Waals surface area contributed by atoms with Gasteiger partial charge in [-0.25, -0.2) is 0 Å². The van der Waals surface area contributed by atoms with Gasteiger partial charge < -0.3 is 10.4 Å². The summed E-state index contributed by atoms with van der Waals surface area (Å²) in [6, 6.07) is 8.62. The molecule has 0 saturated carbocycles. The van der Waals surface area contributed by atoms with Gasteiger partial charge >= 0.3 is 0 Å². The Labute approximate surface area is 99.8 Å². The van der Waals surface area contributed by atoms with Crippen molar-refractivity contribution >= 4 is 15.9 Å². The van der Waals surface area contributed by atoms with Crippen LogP contribution in [0.1, 0.15) is 31.9 Å². The highest BCUT2D eigenvalue weighted by Gasteiger charge is 2.04. The molecule has 2 nitrogen and oxygen atoms in total. The monoisotopic (exact) mass is 271 g/mol. The second-order valence-corrected chi connectivity index (χ2v) is 4.78. The van der Waals surface area contributed by atoms with Gasteiger partial charge in [-0.05, 0) is 44.5 Å². The third-order valence-corrected chi connectivity index (χ3v) is 2.91. The van der Waals surface area contributed by atoms with Crippen LogP contribution >= 0.6 is 15.9 Å². The molecule has 0 aliphatic heterocycles. The predicted molar refractivity (Wildman–Crippen MR) is 66.9 cm³/mol. The lowest BCUT2D eigenvalue weighted by Gasteiger charge is -2.14. The van der Waals surface area contributed by atoms with Crippen molar-refractivity contribution in [3.05, 3.63) is 34.3 Å². The predicted octanol–water partition coefficient (Wildman–Crippen LogP) is 2.87. The van der Waals surface area contributed by atoms with Crippen LogP contribution in [0.4, 0.5) is 0 Å². The molecule has 0 aliphatic carbocycles. The SMILES string of the molecule is C[C@H](NCC[C@@H](C)O)c1ccc(Br)cc1. The summed E-state index contributed by atoms with van der Waals surface area (Å²) in [7, 11) is 0. The molecule has 84 valence electrons. The fourth-order valence-electron chi connectivity index (χ4n) is 1.38. The lowest BCUT2D eigenvalue weighted by molar-refractivity contribution is 0.182. The van der Waals surface area contributed by atoms with Gasteiger partial charge in [-0.1, -0.05) is 28.1 Å². The van der Waals surface area contributed by atoms with E-state index in [9.17, 15) is 0 Å². The molecule has 0 heterocycles. The lowest BCUT2D eigenvalue weighted by Crippen LogP contribution is -2.22. The van der Waals surface area contributed by atoms with Crippen molar-refractivity contribution in [1.29, 1.82) is 0 Å². The van der Waals surface area contributed by atoms with Gasteiger partial charge in [0.25, 0.3) is 0 Å². The number of rotatable bonds is 5. The maximum atomic E-state index is 9.13. The Balaban J connectivity index is 2.40. The third kappa shape index (κ3) is 4.78. The smallest absolute Gasteiger partial charge is 0.0524 e. The van der Waals surface area contributed by atoms with Gasteiger partial charge in [0.15, 0.2) is 0 Å². The summed E-state index contributed by atoms with van der Waals surface area (Å²) in [5.74, 6) is 0. The molecule has 0 bridgehead atoms. The molecule has 1 aromatic carbocycles. The lowest BCUT2D eigenvalue weighted by atomic mass is 10.1. The van der Waals surface area contributed by atoms with E-state index in [4.69, 9.17) is 5.11 Å². The maximum absolute atomic E-state index is 9.13. The largest absolute Gasteiger partial charge is 0.393 e. The third-order valence-electron chi connectivity index (χ3n) is 2.38. The summed E-state index contributed by atoms with van der Waals surface area (Å²) >= 11 is 3.41. The van der Waals surface area contributed by atoms with E-state index in [1.807, 2.05) is 19.1 Å². The first-order chi connectivity index (χ1) is 7.09. The van der Waals surface area contributed by atoms with Crippen molar-refractivity contribution in [2.24, 2.45) is 0 Å². The normalized spacial score (nSPS) is 14.9. The molecule has 0 aromatic heterocycles. The van der Waals surface area contributed by atoms with E-state index in [1.165, 1.54) is 5.56 Å². The molecular formula is C12H18BrNO. The van der Waals surface area contributed by atoms with Crippen LogP contribution in [0.3, 0.4) is 0 Å². The molecule has 0 radical (unpaired) electrons. The second-order valence-electron chi connectivity index (χ2n) is 3.87. The summed E-state index contributed by atoms with van der Waals surface area (Å²) in [4.78, 5) is 0. The number of halogens is 1. The zero-order chi connectivity index (χ0) is 11.3. The van der Waals surface area contributed by atoms with E-state index in [0.29, 0.717) is 6.04 Å². The average Bonchev–Trinajstić information content (AvgIpc) is 2.18. The van der Waals surface area contributed by atoms with Gasteiger partial charge in [0.1, 0.15) is 0 Å². The molecule has 1 aromatic rings. The summed E-state index contributed by atoms with van der Waals surface area (Å²) in [5.41, 5.74) is 1.27. The minimum atomic E-state index is -0.227. The van der Waals surface area contributed by atoms with Gasteiger partial charge in [0.2, 0.25) is 0 Å². The van der Waals surface area contributed by atoms with Crippen molar-refractivity contribution in [3.63, 3.8) is 0 Å². The van der Waals surface area contributed by atoms with Crippen molar-refractivity contribution in [3.8, 4) is 0 Å². The number of hydrogen-bond acceptors (Lipinski definition) is 2. The van der Waals surface area contributed by atoms with E-state index in [1.54, 1.807) is 0 Å². The summed E-state index contributed by atoms with van der Waals surface area (Å²) in [5, 5.41) is 12.5. The highest BCUT2D eigenvalue weighted by atomic mass is 79.9. The molecule has 2 atom stereocenters. The van der Waals surface area contributed by atoms with Crippen molar-refractivity contribution < 1.29 is 5.11 Å². The van der Waals surface area contributed by atoms with Crippen LogP contribution in [0.5, 0.6) is 0 Å². The Bertz CT molecular complexity index is 284.